The summed E-state index contributed by atoms with van der Waals surface area (Å²) in [6.07, 6.45) is -1.03. The molecular weight excluding hydrogens is 208 g/mol. The van der Waals surface area contributed by atoms with Crippen LogP contribution in [-0.2, 0) is 32.0 Å². The molecule has 0 bridgehead atoms. The van der Waals surface area contributed by atoms with E-state index in [0.29, 0.717) is 0 Å². The summed E-state index contributed by atoms with van der Waals surface area (Å²) in [5.74, 6) is -3.25. The third kappa shape index (κ3) is 9.19. The van der Waals surface area contributed by atoms with Gasteiger partial charge in [-0.2, -0.15) is 0 Å². The summed E-state index contributed by atoms with van der Waals surface area (Å²) in [5.41, 5.74) is 0. The molecule has 0 aliphatic heterocycles. The van der Waals surface area contributed by atoms with E-state index in [1.165, 1.54) is 0 Å². The number of rotatable bonds is 2. The van der Waals surface area contributed by atoms with Gasteiger partial charge in [-0.05, 0) is 0 Å². The molecule has 0 spiro atoms. The molecule has 4 nitrogen and oxygen atoms in total. The Hall–Kier alpha value is -0.320. The van der Waals surface area contributed by atoms with E-state index >= 15 is 0 Å². The largest absolute Gasteiger partial charge is 0.550 e. The Morgan fingerprint density at radius 2 is 1.38 bits per heavy atom. The molecule has 0 heterocycles. The minimum atomic E-state index is -1.63. The molecule has 0 aromatic heterocycles. The fourth-order valence-electron chi connectivity index (χ4n) is 0.118. The van der Waals surface area contributed by atoms with E-state index in [-0.39, 0.29) is 22.4 Å². The van der Waals surface area contributed by atoms with Gasteiger partial charge in [0.25, 0.3) is 0 Å². The Morgan fingerprint density at radius 3 is 1.38 bits per heavy atom. The molecule has 0 atom stereocenters. The molecule has 0 aliphatic carbocycles. The van der Waals surface area contributed by atoms with Crippen molar-refractivity contribution in [2.75, 3.05) is 0 Å². The van der Waals surface area contributed by atoms with E-state index in [4.69, 9.17) is 0 Å². The molecule has 0 saturated heterocycles. The molecule has 8 heavy (non-hydrogen) atoms. The first-order valence-corrected chi connectivity index (χ1v) is 1.52. The van der Waals surface area contributed by atoms with Crippen molar-refractivity contribution in [3.05, 3.63) is 0 Å². The van der Waals surface area contributed by atoms with Gasteiger partial charge in [-0.3, -0.25) is 0 Å². The quantitative estimate of drug-likeness (QED) is 0.356. The van der Waals surface area contributed by atoms with Crippen LogP contribution in [0.25, 0.3) is 0 Å². The molecular formula is C3H2AgO4-2. The van der Waals surface area contributed by atoms with Crippen LogP contribution < -0.4 is 10.2 Å². The number of hydrogen-bond donors (Lipinski definition) is 0. The fraction of sp³-hybridized carbons (Fsp3) is 0.333. The molecule has 0 aromatic rings. The van der Waals surface area contributed by atoms with Crippen LogP contribution in [0.1, 0.15) is 6.42 Å². The number of aliphatic carboxylic acids is 2. The Kier molecular flexibility index (Phi) is 6.41. The molecule has 0 aliphatic rings. The van der Waals surface area contributed by atoms with Gasteiger partial charge in [-0.15, -0.1) is 0 Å². The second-order valence-electron chi connectivity index (χ2n) is 0.921. The van der Waals surface area contributed by atoms with Crippen molar-refractivity contribution in [2.24, 2.45) is 0 Å². The van der Waals surface area contributed by atoms with Crippen LogP contribution in [0.3, 0.4) is 0 Å². The third-order valence-electron chi connectivity index (χ3n) is 0.289. The number of hydrogen-bond acceptors (Lipinski definition) is 4. The van der Waals surface area contributed by atoms with Crippen molar-refractivity contribution >= 4 is 11.9 Å². The predicted octanol–water partition coefficient (Wildman–Crippen LogP) is -3.13. The standard InChI is InChI=1S/C3H4O4.Ag/c4-2(5)1-3(6)7;/h1H2,(H,4,5)(H,6,7);/p-2. The Bertz CT molecular complexity index is 87.5. The molecule has 0 N–H and O–H groups in total. The van der Waals surface area contributed by atoms with Crippen molar-refractivity contribution < 1.29 is 42.2 Å². The molecule has 0 unspecified atom stereocenters. The summed E-state index contributed by atoms with van der Waals surface area (Å²) in [4.78, 5) is 18.6. The van der Waals surface area contributed by atoms with Crippen molar-refractivity contribution in [3.63, 3.8) is 0 Å². The molecule has 5 heteroatoms. The van der Waals surface area contributed by atoms with Crippen LogP contribution in [-0.4, -0.2) is 11.9 Å². The van der Waals surface area contributed by atoms with Gasteiger partial charge >= 0.3 is 0 Å². The Balaban J connectivity index is 0. The first-order chi connectivity index (χ1) is 3.13. The van der Waals surface area contributed by atoms with E-state index in [1.807, 2.05) is 0 Å². The molecule has 0 saturated carbocycles. The monoisotopic (exact) mass is 209 g/mol. The summed E-state index contributed by atoms with van der Waals surface area (Å²) < 4.78 is 0. The second kappa shape index (κ2) is 4.83. The average molecular weight is 210 g/mol. The van der Waals surface area contributed by atoms with Gasteiger partial charge in [0.15, 0.2) is 0 Å². The number of carbonyl (C=O) groups excluding carboxylic acids is 2. The summed E-state index contributed by atoms with van der Waals surface area (Å²) in [6, 6.07) is 0. The Labute approximate surface area is 61.0 Å². The number of carbonyl (C=O) groups is 2. The first-order valence-electron chi connectivity index (χ1n) is 1.52. The average Bonchev–Trinajstić information content (AvgIpc) is 1.27. The maximum Gasteiger partial charge on any atom is 0.0470 e. The zero-order valence-electron chi connectivity index (χ0n) is 3.64. The first kappa shape index (κ1) is 10.6. The van der Waals surface area contributed by atoms with Crippen LogP contribution >= 0.6 is 0 Å². The van der Waals surface area contributed by atoms with Crippen LogP contribution in [0, 0.1) is 0 Å². The van der Waals surface area contributed by atoms with Gasteiger partial charge in [0.05, 0.1) is 0 Å². The summed E-state index contributed by atoms with van der Waals surface area (Å²) in [6.45, 7) is 0. The maximum atomic E-state index is 9.28. The van der Waals surface area contributed by atoms with Gasteiger partial charge in [0.1, 0.15) is 0 Å². The summed E-state index contributed by atoms with van der Waals surface area (Å²) in [7, 11) is 0. The van der Waals surface area contributed by atoms with E-state index in [9.17, 15) is 19.8 Å². The van der Waals surface area contributed by atoms with Crippen LogP contribution in [0.15, 0.2) is 0 Å². The van der Waals surface area contributed by atoms with Crippen molar-refractivity contribution in [2.45, 2.75) is 6.42 Å². The molecule has 0 fully saturated rings. The topological polar surface area (TPSA) is 80.3 Å². The zero-order chi connectivity index (χ0) is 5.86. The summed E-state index contributed by atoms with van der Waals surface area (Å²) in [5, 5.41) is 18.6. The smallest absolute Gasteiger partial charge is 0.0470 e. The van der Waals surface area contributed by atoms with E-state index in [1.54, 1.807) is 0 Å². The van der Waals surface area contributed by atoms with Gasteiger partial charge in [-0.1, -0.05) is 0 Å². The second-order valence-corrected chi connectivity index (χ2v) is 0.921. The Morgan fingerprint density at radius 1 is 1.12 bits per heavy atom. The zero-order valence-corrected chi connectivity index (χ0v) is 5.12. The minimum absolute atomic E-state index is 0. The SMILES string of the molecule is O=C([O-])CC(=O)[O-].[Ag]. The number of carboxylic acid groups (broad SMARTS) is 2. The van der Waals surface area contributed by atoms with Crippen LogP contribution in [0.2, 0.25) is 0 Å². The number of carboxylic acids is 2. The maximum absolute atomic E-state index is 9.28. The normalized spacial score (nSPS) is 7.00. The van der Waals surface area contributed by atoms with E-state index < -0.39 is 18.4 Å². The van der Waals surface area contributed by atoms with E-state index in [0.717, 1.165) is 0 Å². The van der Waals surface area contributed by atoms with Crippen LogP contribution in [0.5, 0.6) is 0 Å². The van der Waals surface area contributed by atoms with Gasteiger partial charge < -0.3 is 19.8 Å². The molecule has 0 amide bonds. The molecule has 0 aromatic carbocycles. The van der Waals surface area contributed by atoms with E-state index in [2.05, 4.69) is 0 Å². The third-order valence-corrected chi connectivity index (χ3v) is 0.289. The summed E-state index contributed by atoms with van der Waals surface area (Å²) >= 11 is 0. The fourth-order valence-corrected chi connectivity index (χ4v) is 0.118. The van der Waals surface area contributed by atoms with Crippen molar-refractivity contribution in [3.8, 4) is 0 Å². The van der Waals surface area contributed by atoms with Gasteiger partial charge in [0.2, 0.25) is 0 Å². The molecule has 0 rings (SSSR count). The van der Waals surface area contributed by atoms with Crippen molar-refractivity contribution in [1.29, 1.82) is 0 Å². The molecule has 1 radical (unpaired) electrons. The van der Waals surface area contributed by atoms with Crippen LogP contribution in [0.4, 0.5) is 0 Å². The molecule has 51 valence electrons. The van der Waals surface area contributed by atoms with Gasteiger partial charge in [-0.25, -0.2) is 0 Å². The van der Waals surface area contributed by atoms with Crippen molar-refractivity contribution in [1.82, 2.24) is 0 Å². The van der Waals surface area contributed by atoms with Gasteiger partial charge in [0, 0.05) is 40.7 Å². The minimum Gasteiger partial charge on any atom is -0.550 e. The predicted molar refractivity (Wildman–Crippen MR) is 14.6 cm³/mol.